The van der Waals surface area contributed by atoms with Crippen LogP contribution >= 0.6 is 11.6 Å². The number of methoxy groups -OCH3 is 2. The van der Waals surface area contributed by atoms with Gasteiger partial charge in [-0.3, -0.25) is 9.10 Å². The van der Waals surface area contributed by atoms with Crippen LogP contribution in [0.25, 0.3) is 0 Å². The first-order valence-electron chi connectivity index (χ1n) is 11.4. The van der Waals surface area contributed by atoms with E-state index < -0.39 is 22.5 Å². The van der Waals surface area contributed by atoms with Crippen molar-refractivity contribution in [2.24, 2.45) is 0 Å². The van der Waals surface area contributed by atoms with Crippen LogP contribution in [0, 0.1) is 0 Å². The Labute approximate surface area is 226 Å². The third-order valence-electron chi connectivity index (χ3n) is 5.47. The van der Waals surface area contributed by atoms with Gasteiger partial charge in [0.15, 0.2) is 0 Å². The van der Waals surface area contributed by atoms with Crippen molar-refractivity contribution in [1.82, 2.24) is 0 Å². The number of nitrogens with zero attached hydrogens (tertiary/aromatic N) is 1. The number of benzene rings is 4. The third kappa shape index (κ3) is 6.19. The standard InChI is InChI=1S/C28H25ClN2O6S/c1-35-26-18-25(27(36-2)17-24(26)29)30-28(32)19-31(38(33,34)23-11-7-4-8-12-23)20-13-15-22(16-14-20)37-21-9-5-3-6-10-21/h3-18H,19H2,1-2H3,(H,30,32). The molecule has 0 bridgehead atoms. The molecule has 0 saturated carbocycles. The summed E-state index contributed by atoms with van der Waals surface area (Å²) in [4.78, 5) is 13.2. The van der Waals surface area contributed by atoms with Crippen LogP contribution in [-0.4, -0.2) is 35.1 Å². The van der Waals surface area contributed by atoms with Crippen LogP contribution < -0.4 is 23.8 Å². The van der Waals surface area contributed by atoms with E-state index in [2.05, 4.69) is 5.32 Å². The molecule has 1 N–H and O–H groups in total. The molecule has 0 heterocycles. The minimum Gasteiger partial charge on any atom is -0.495 e. The van der Waals surface area contributed by atoms with Gasteiger partial charge in [0.1, 0.15) is 29.5 Å². The van der Waals surface area contributed by atoms with Gasteiger partial charge >= 0.3 is 0 Å². The van der Waals surface area contributed by atoms with Crippen LogP contribution in [0.4, 0.5) is 11.4 Å². The summed E-state index contributed by atoms with van der Waals surface area (Å²) < 4.78 is 44.6. The van der Waals surface area contributed by atoms with Gasteiger partial charge < -0.3 is 19.5 Å². The molecule has 0 atom stereocenters. The van der Waals surface area contributed by atoms with Gasteiger partial charge in [0.05, 0.1) is 35.5 Å². The number of amides is 1. The highest BCUT2D eigenvalue weighted by Crippen LogP contribution is 2.36. The lowest BCUT2D eigenvalue weighted by Gasteiger charge is -2.24. The fourth-order valence-corrected chi connectivity index (χ4v) is 5.29. The Kier molecular flexibility index (Phi) is 8.40. The number of hydrogen-bond acceptors (Lipinski definition) is 6. The summed E-state index contributed by atoms with van der Waals surface area (Å²) in [5, 5.41) is 3.00. The van der Waals surface area contributed by atoms with Crippen LogP contribution in [0.2, 0.25) is 5.02 Å². The Hall–Kier alpha value is -4.21. The number of ether oxygens (including phenoxy) is 3. The van der Waals surface area contributed by atoms with Gasteiger partial charge in [-0.2, -0.15) is 0 Å². The number of carbonyl (C=O) groups is 1. The van der Waals surface area contributed by atoms with Gasteiger partial charge in [-0.1, -0.05) is 48.0 Å². The largest absolute Gasteiger partial charge is 0.495 e. The summed E-state index contributed by atoms with van der Waals surface area (Å²) >= 11 is 6.16. The molecule has 0 unspecified atom stereocenters. The van der Waals surface area contributed by atoms with Crippen LogP contribution in [0.15, 0.2) is 102 Å². The number of carbonyl (C=O) groups excluding carboxylic acids is 1. The van der Waals surface area contributed by atoms with Crippen LogP contribution in [0.3, 0.4) is 0 Å². The highest BCUT2D eigenvalue weighted by Gasteiger charge is 2.27. The number of nitrogens with one attached hydrogen (secondary N) is 1. The average molecular weight is 553 g/mol. The summed E-state index contributed by atoms with van der Waals surface area (Å²) in [7, 11) is -1.22. The van der Waals surface area contributed by atoms with Gasteiger partial charge in [0, 0.05) is 12.1 Å². The van der Waals surface area contributed by atoms with Crippen LogP contribution in [0.5, 0.6) is 23.0 Å². The number of para-hydroxylation sites is 1. The van der Waals surface area contributed by atoms with E-state index in [4.69, 9.17) is 25.8 Å². The Morgan fingerprint density at radius 3 is 2.00 bits per heavy atom. The maximum atomic E-state index is 13.6. The van der Waals surface area contributed by atoms with E-state index in [1.54, 1.807) is 42.5 Å². The Balaban J connectivity index is 1.64. The van der Waals surface area contributed by atoms with E-state index in [0.717, 1.165) is 4.31 Å². The second kappa shape index (κ2) is 11.9. The van der Waals surface area contributed by atoms with Gasteiger partial charge in [0.2, 0.25) is 5.91 Å². The molecule has 196 valence electrons. The van der Waals surface area contributed by atoms with Gasteiger partial charge in [0.25, 0.3) is 10.0 Å². The molecule has 4 aromatic rings. The van der Waals surface area contributed by atoms with Gasteiger partial charge in [-0.05, 0) is 48.5 Å². The maximum Gasteiger partial charge on any atom is 0.264 e. The van der Waals surface area contributed by atoms with E-state index in [1.165, 1.54) is 38.5 Å². The van der Waals surface area contributed by atoms with Crippen molar-refractivity contribution < 1.29 is 27.4 Å². The molecule has 1 amide bonds. The molecule has 8 nitrogen and oxygen atoms in total. The van der Waals surface area contributed by atoms with Crippen molar-refractivity contribution in [1.29, 1.82) is 0 Å². The first-order valence-corrected chi connectivity index (χ1v) is 13.3. The van der Waals surface area contributed by atoms with Crippen molar-refractivity contribution in [3.8, 4) is 23.0 Å². The molecule has 4 aromatic carbocycles. The second-order valence-electron chi connectivity index (χ2n) is 7.97. The zero-order valence-electron chi connectivity index (χ0n) is 20.6. The monoisotopic (exact) mass is 552 g/mol. The number of rotatable bonds is 10. The molecule has 4 rings (SSSR count). The van der Waals surface area contributed by atoms with Crippen molar-refractivity contribution in [3.63, 3.8) is 0 Å². The molecule has 0 radical (unpaired) electrons. The third-order valence-corrected chi connectivity index (χ3v) is 7.55. The SMILES string of the molecule is COc1cc(NC(=O)CN(c2ccc(Oc3ccccc3)cc2)S(=O)(=O)c2ccccc2)c(OC)cc1Cl. The summed E-state index contributed by atoms with van der Waals surface area (Å²) in [5.74, 6) is 1.17. The quantitative estimate of drug-likeness (QED) is 0.260. The lowest BCUT2D eigenvalue weighted by molar-refractivity contribution is -0.114. The Morgan fingerprint density at radius 2 is 1.39 bits per heavy atom. The number of sulfonamides is 1. The number of halogens is 1. The minimum absolute atomic E-state index is 0.0446. The predicted molar refractivity (Wildman–Crippen MR) is 147 cm³/mol. The summed E-state index contributed by atoms with van der Waals surface area (Å²) in [6, 6.07) is 26.5. The molecule has 0 aliphatic heterocycles. The average Bonchev–Trinajstić information content (AvgIpc) is 2.94. The molecule has 0 aliphatic rings. The minimum atomic E-state index is -4.09. The summed E-state index contributed by atoms with van der Waals surface area (Å²) in [6.07, 6.45) is 0. The number of hydrogen-bond donors (Lipinski definition) is 1. The topological polar surface area (TPSA) is 94.2 Å². The highest BCUT2D eigenvalue weighted by molar-refractivity contribution is 7.92. The molecular formula is C28H25ClN2O6S. The van der Waals surface area contributed by atoms with E-state index >= 15 is 0 Å². The molecule has 10 heteroatoms. The van der Waals surface area contributed by atoms with E-state index in [0.29, 0.717) is 28.0 Å². The van der Waals surface area contributed by atoms with Gasteiger partial charge in [-0.25, -0.2) is 8.42 Å². The van der Waals surface area contributed by atoms with E-state index in [9.17, 15) is 13.2 Å². The molecule has 0 aliphatic carbocycles. The smallest absolute Gasteiger partial charge is 0.264 e. The van der Waals surface area contributed by atoms with Crippen molar-refractivity contribution in [2.75, 3.05) is 30.4 Å². The molecule has 38 heavy (non-hydrogen) atoms. The molecule has 0 aromatic heterocycles. The Morgan fingerprint density at radius 1 is 0.816 bits per heavy atom. The summed E-state index contributed by atoms with van der Waals surface area (Å²) in [6.45, 7) is -0.510. The zero-order valence-corrected chi connectivity index (χ0v) is 22.2. The van der Waals surface area contributed by atoms with Crippen LogP contribution in [-0.2, 0) is 14.8 Å². The maximum absolute atomic E-state index is 13.6. The number of anilines is 2. The first kappa shape index (κ1) is 26.8. The highest BCUT2D eigenvalue weighted by atomic mass is 35.5. The fraction of sp³-hybridized carbons (Fsp3) is 0.107. The van der Waals surface area contributed by atoms with Crippen LogP contribution in [0.1, 0.15) is 0 Å². The normalized spacial score (nSPS) is 10.9. The Bertz CT molecular complexity index is 1500. The first-order chi connectivity index (χ1) is 18.3. The molecular weight excluding hydrogens is 528 g/mol. The lowest BCUT2D eigenvalue weighted by atomic mass is 10.2. The van der Waals surface area contributed by atoms with Crippen molar-refractivity contribution in [2.45, 2.75) is 4.90 Å². The van der Waals surface area contributed by atoms with E-state index in [-0.39, 0.29) is 16.3 Å². The van der Waals surface area contributed by atoms with E-state index in [1.807, 2.05) is 30.3 Å². The lowest BCUT2D eigenvalue weighted by Crippen LogP contribution is -2.38. The fourth-order valence-electron chi connectivity index (χ4n) is 3.62. The van der Waals surface area contributed by atoms with Crippen molar-refractivity contribution in [3.05, 3.63) is 102 Å². The molecule has 0 fully saturated rings. The predicted octanol–water partition coefficient (Wildman–Crippen LogP) is 5.98. The molecule has 0 spiro atoms. The van der Waals surface area contributed by atoms with Crippen molar-refractivity contribution >= 4 is 38.9 Å². The molecule has 0 saturated heterocycles. The summed E-state index contributed by atoms with van der Waals surface area (Å²) in [5.41, 5.74) is 0.562. The second-order valence-corrected chi connectivity index (χ2v) is 10.2. The zero-order chi connectivity index (χ0) is 27.1. The van der Waals surface area contributed by atoms with Gasteiger partial charge in [-0.15, -0.1) is 0 Å².